The first-order chi connectivity index (χ1) is 13.6. The third-order valence-electron chi connectivity index (χ3n) is 4.44. The molecule has 11 heteroatoms. The predicted octanol–water partition coefficient (Wildman–Crippen LogP) is 2.14. The highest BCUT2D eigenvalue weighted by atomic mass is 35.5. The fraction of sp³-hybridized carbons (Fsp3) is 0.278. The van der Waals surface area contributed by atoms with Crippen LogP contribution in [0.15, 0.2) is 47.4 Å². The molecule has 2 aromatic carbocycles. The zero-order chi connectivity index (χ0) is 21.4. The lowest BCUT2D eigenvalue weighted by Crippen LogP contribution is -2.31. The van der Waals surface area contributed by atoms with E-state index in [1.54, 1.807) is 24.3 Å². The van der Waals surface area contributed by atoms with Crippen molar-refractivity contribution < 1.29 is 26.4 Å². The first-order valence-electron chi connectivity index (χ1n) is 8.55. The largest absolute Gasteiger partial charge is 0.495 e. The molecule has 1 N–H and O–H groups in total. The number of hydrogen-bond acceptors (Lipinski definition) is 6. The highest BCUT2D eigenvalue weighted by molar-refractivity contribution is 7.94. The minimum absolute atomic E-state index is 0.0116. The molecule has 0 aliphatic carbocycles. The molecule has 1 heterocycles. The van der Waals surface area contributed by atoms with Crippen LogP contribution in [0.1, 0.15) is 12.5 Å². The van der Waals surface area contributed by atoms with Crippen LogP contribution in [0.4, 0.5) is 5.69 Å². The van der Waals surface area contributed by atoms with Crippen molar-refractivity contribution in [3.8, 4) is 5.75 Å². The molecule has 0 saturated carbocycles. The summed E-state index contributed by atoms with van der Waals surface area (Å²) in [5.74, 6) is -1.63. The second kappa shape index (κ2) is 7.94. The van der Waals surface area contributed by atoms with Gasteiger partial charge in [-0.15, -0.1) is 0 Å². The zero-order valence-corrected chi connectivity index (χ0v) is 18.0. The van der Waals surface area contributed by atoms with Crippen molar-refractivity contribution in [1.29, 1.82) is 0 Å². The Balaban J connectivity index is 1.99. The van der Waals surface area contributed by atoms with Crippen LogP contribution in [0.2, 0.25) is 5.02 Å². The normalized spacial score (nSPS) is 18.8. The molecule has 3 rings (SSSR count). The molecule has 0 bridgehead atoms. The fourth-order valence-electron chi connectivity index (χ4n) is 2.98. The third kappa shape index (κ3) is 4.25. The number of amides is 1. The number of carbonyl (C=O) groups excluding carboxylic acids is 1. The summed E-state index contributed by atoms with van der Waals surface area (Å²) < 4.78 is 58.6. The number of halogens is 1. The number of methoxy groups -OCH3 is 1. The number of benzene rings is 2. The highest BCUT2D eigenvalue weighted by Crippen LogP contribution is 2.34. The predicted molar refractivity (Wildman–Crippen MR) is 109 cm³/mol. The summed E-state index contributed by atoms with van der Waals surface area (Å²) in [6.07, 6.45) is 0. The monoisotopic (exact) mass is 458 g/mol. The maximum absolute atomic E-state index is 12.9. The second-order valence-corrected chi connectivity index (χ2v) is 10.5. The van der Waals surface area contributed by atoms with Gasteiger partial charge in [-0.3, -0.25) is 4.79 Å². The van der Waals surface area contributed by atoms with Crippen molar-refractivity contribution in [1.82, 2.24) is 4.72 Å². The maximum atomic E-state index is 12.9. The summed E-state index contributed by atoms with van der Waals surface area (Å²) in [6, 6.07) is 10.5. The first kappa shape index (κ1) is 21.6. The summed E-state index contributed by atoms with van der Waals surface area (Å²) in [6.45, 7) is 1.43. The molecule has 0 spiro atoms. The number of anilines is 1. The van der Waals surface area contributed by atoms with E-state index in [1.165, 1.54) is 26.2 Å². The van der Waals surface area contributed by atoms with Crippen LogP contribution >= 0.6 is 11.6 Å². The average Bonchev–Trinajstić information content (AvgIpc) is 2.87. The fourth-order valence-corrected chi connectivity index (χ4v) is 6.19. The summed E-state index contributed by atoms with van der Waals surface area (Å²) in [4.78, 5) is 12.0. The molecule has 1 aliphatic rings. The first-order valence-corrected chi connectivity index (χ1v) is 12.0. The van der Waals surface area contributed by atoms with Crippen LogP contribution in [-0.4, -0.2) is 35.6 Å². The second-order valence-electron chi connectivity index (χ2n) is 6.53. The molecule has 1 saturated heterocycles. The Labute approximate surface area is 174 Å². The number of sulfonamides is 2. The van der Waals surface area contributed by atoms with Gasteiger partial charge in [-0.1, -0.05) is 36.7 Å². The minimum Gasteiger partial charge on any atom is -0.495 e. The minimum atomic E-state index is -4.10. The van der Waals surface area contributed by atoms with Crippen molar-refractivity contribution in [3.63, 3.8) is 0 Å². The smallest absolute Gasteiger partial charge is 0.244 e. The van der Waals surface area contributed by atoms with Gasteiger partial charge < -0.3 is 4.74 Å². The van der Waals surface area contributed by atoms with Crippen molar-refractivity contribution in [2.45, 2.75) is 18.4 Å². The molecule has 1 amide bonds. The SMILES string of the molecule is COc1ccc(N2C(=O)[C@@H](C)CS2(=O)=O)cc1S(=O)(=O)NCc1ccccc1Cl. The van der Waals surface area contributed by atoms with E-state index in [1.807, 2.05) is 0 Å². The Morgan fingerprint density at radius 3 is 2.52 bits per heavy atom. The van der Waals surface area contributed by atoms with E-state index in [2.05, 4.69) is 4.72 Å². The number of carbonyl (C=O) groups is 1. The molecule has 0 unspecified atom stereocenters. The van der Waals surface area contributed by atoms with Gasteiger partial charge in [-0.2, -0.15) is 0 Å². The van der Waals surface area contributed by atoms with Crippen molar-refractivity contribution in [3.05, 3.63) is 53.1 Å². The third-order valence-corrected chi connectivity index (χ3v) is 8.10. The summed E-state index contributed by atoms with van der Waals surface area (Å²) in [5, 5.41) is 0.402. The number of nitrogens with one attached hydrogen (secondary N) is 1. The van der Waals surface area contributed by atoms with Crippen LogP contribution in [0.5, 0.6) is 5.75 Å². The van der Waals surface area contributed by atoms with Gasteiger partial charge in [0, 0.05) is 11.6 Å². The Kier molecular flexibility index (Phi) is 5.91. The van der Waals surface area contributed by atoms with Gasteiger partial charge in [0.25, 0.3) is 0 Å². The summed E-state index contributed by atoms with van der Waals surface area (Å²) in [7, 11) is -6.68. The number of nitrogens with zero attached hydrogens (tertiary/aromatic N) is 1. The summed E-state index contributed by atoms with van der Waals surface area (Å²) in [5.41, 5.74) is 0.511. The van der Waals surface area contributed by atoms with E-state index < -0.39 is 31.9 Å². The lowest BCUT2D eigenvalue weighted by Gasteiger charge is -2.18. The Morgan fingerprint density at radius 1 is 1.24 bits per heavy atom. The zero-order valence-electron chi connectivity index (χ0n) is 15.6. The molecule has 29 heavy (non-hydrogen) atoms. The average molecular weight is 459 g/mol. The molecule has 1 atom stereocenters. The van der Waals surface area contributed by atoms with Crippen LogP contribution < -0.4 is 13.8 Å². The van der Waals surface area contributed by atoms with Crippen molar-refractivity contribution in [2.24, 2.45) is 5.92 Å². The van der Waals surface area contributed by atoms with Gasteiger partial charge in [-0.05, 0) is 29.8 Å². The van der Waals surface area contributed by atoms with Crippen molar-refractivity contribution in [2.75, 3.05) is 17.2 Å². The van der Waals surface area contributed by atoms with E-state index in [0.29, 0.717) is 14.9 Å². The van der Waals surface area contributed by atoms with Gasteiger partial charge >= 0.3 is 0 Å². The van der Waals surface area contributed by atoms with E-state index in [-0.39, 0.29) is 28.6 Å². The van der Waals surface area contributed by atoms with E-state index >= 15 is 0 Å². The van der Waals surface area contributed by atoms with Gasteiger partial charge in [0.05, 0.1) is 24.5 Å². The van der Waals surface area contributed by atoms with E-state index in [4.69, 9.17) is 16.3 Å². The highest BCUT2D eigenvalue weighted by Gasteiger charge is 2.42. The molecule has 0 radical (unpaired) electrons. The maximum Gasteiger partial charge on any atom is 0.244 e. The Bertz CT molecular complexity index is 1160. The molecule has 8 nitrogen and oxygen atoms in total. The molecule has 156 valence electrons. The van der Waals surface area contributed by atoms with Crippen LogP contribution in [-0.2, 0) is 31.4 Å². The molecule has 2 aromatic rings. The van der Waals surface area contributed by atoms with E-state index in [9.17, 15) is 21.6 Å². The standard InChI is InChI=1S/C18H19ClN2O6S2/c1-12-11-28(23,24)21(18(12)22)14-7-8-16(27-2)17(9-14)29(25,26)20-10-13-5-3-4-6-15(13)19/h3-9,12,20H,10-11H2,1-2H3/t12-/m0/s1. The summed E-state index contributed by atoms with van der Waals surface area (Å²) >= 11 is 6.06. The van der Waals surface area contributed by atoms with Crippen LogP contribution in [0.25, 0.3) is 0 Å². The van der Waals surface area contributed by atoms with E-state index in [0.717, 1.165) is 6.07 Å². The van der Waals surface area contributed by atoms with Gasteiger partial charge in [0.2, 0.25) is 26.0 Å². The molecular weight excluding hydrogens is 440 g/mol. The van der Waals surface area contributed by atoms with Crippen molar-refractivity contribution >= 4 is 43.2 Å². The number of ether oxygens (including phenoxy) is 1. The Morgan fingerprint density at radius 2 is 1.93 bits per heavy atom. The molecule has 1 fully saturated rings. The molecule has 1 aliphatic heterocycles. The molecule has 0 aromatic heterocycles. The van der Waals surface area contributed by atoms with Gasteiger partial charge in [0.15, 0.2) is 0 Å². The van der Waals surface area contributed by atoms with Gasteiger partial charge in [-0.25, -0.2) is 25.9 Å². The number of hydrogen-bond donors (Lipinski definition) is 1. The van der Waals surface area contributed by atoms with Gasteiger partial charge in [0.1, 0.15) is 10.6 Å². The lowest BCUT2D eigenvalue weighted by molar-refractivity contribution is -0.119. The quantitative estimate of drug-likeness (QED) is 0.710. The lowest BCUT2D eigenvalue weighted by atomic mass is 10.2. The van der Waals surface area contributed by atoms with Crippen LogP contribution in [0, 0.1) is 5.92 Å². The topological polar surface area (TPSA) is 110 Å². The Hall–Kier alpha value is -2.14. The van der Waals surface area contributed by atoms with Crippen LogP contribution in [0.3, 0.4) is 0 Å². The number of rotatable bonds is 6. The molecular formula is C18H19ClN2O6S2.